The Morgan fingerprint density at radius 3 is 2.44 bits per heavy atom. The van der Waals surface area contributed by atoms with E-state index in [0.29, 0.717) is 28.7 Å². The Hall–Kier alpha value is -2.70. The molecule has 0 bridgehead atoms. The second kappa shape index (κ2) is 9.84. The van der Waals surface area contributed by atoms with Gasteiger partial charge in [-0.3, -0.25) is 4.79 Å². The van der Waals surface area contributed by atoms with E-state index in [0.717, 1.165) is 16.5 Å². The minimum Gasteiger partial charge on any atom is -0.444 e. The molecule has 3 rings (SSSR count). The Morgan fingerprint density at radius 1 is 1.09 bits per heavy atom. The van der Waals surface area contributed by atoms with Gasteiger partial charge in [0.05, 0.1) is 16.1 Å². The van der Waals surface area contributed by atoms with Crippen molar-refractivity contribution in [2.75, 3.05) is 6.54 Å². The van der Waals surface area contributed by atoms with Crippen LogP contribution in [0.3, 0.4) is 0 Å². The molecular formula is C24H27Cl2N3O3. The maximum Gasteiger partial charge on any atom is 0.407 e. The van der Waals surface area contributed by atoms with Crippen LogP contribution in [0.5, 0.6) is 0 Å². The van der Waals surface area contributed by atoms with Crippen LogP contribution in [-0.4, -0.2) is 28.7 Å². The maximum absolute atomic E-state index is 13.2. The van der Waals surface area contributed by atoms with E-state index in [1.54, 1.807) is 16.7 Å². The minimum absolute atomic E-state index is 0.248. The number of hydrogen-bond donors (Lipinski definition) is 2. The first-order valence-electron chi connectivity index (χ1n) is 10.3. The lowest BCUT2D eigenvalue weighted by atomic mass is 10.0. The molecular weight excluding hydrogens is 449 g/mol. The van der Waals surface area contributed by atoms with Crippen molar-refractivity contribution in [2.45, 2.75) is 38.8 Å². The Bertz CT molecular complexity index is 1120. The van der Waals surface area contributed by atoms with E-state index in [-0.39, 0.29) is 11.9 Å². The van der Waals surface area contributed by atoms with Gasteiger partial charge in [-0.15, -0.1) is 0 Å². The first-order valence-corrected chi connectivity index (χ1v) is 11.1. The zero-order valence-electron chi connectivity index (χ0n) is 18.5. The highest BCUT2D eigenvalue weighted by molar-refractivity contribution is 6.45. The van der Waals surface area contributed by atoms with E-state index in [1.165, 1.54) is 0 Å². The molecule has 1 aromatic heterocycles. The van der Waals surface area contributed by atoms with Crippen molar-refractivity contribution in [1.82, 2.24) is 15.2 Å². The number of nitrogens with zero attached hydrogens (tertiary/aromatic N) is 1. The smallest absolute Gasteiger partial charge is 0.407 e. The average molecular weight is 476 g/mol. The van der Waals surface area contributed by atoms with Crippen molar-refractivity contribution < 1.29 is 14.3 Å². The van der Waals surface area contributed by atoms with Crippen LogP contribution in [0.2, 0.25) is 10.0 Å². The molecule has 0 saturated carbocycles. The zero-order chi connectivity index (χ0) is 23.5. The SMILES string of the molecule is Cn1c(C(=O)NC(CCNC(=O)OC(C)(C)C)c2ccccc2)cc2c(Cl)c(Cl)ccc21. The van der Waals surface area contributed by atoms with Crippen molar-refractivity contribution in [3.8, 4) is 0 Å². The van der Waals surface area contributed by atoms with Gasteiger partial charge in [0.15, 0.2) is 0 Å². The summed E-state index contributed by atoms with van der Waals surface area (Å²) < 4.78 is 7.07. The number of benzene rings is 2. The number of aromatic nitrogens is 1. The van der Waals surface area contributed by atoms with Crippen LogP contribution in [0.4, 0.5) is 4.79 Å². The molecule has 0 aliphatic carbocycles. The number of carbonyl (C=O) groups is 2. The van der Waals surface area contributed by atoms with Gasteiger partial charge < -0.3 is 19.9 Å². The number of hydrogen-bond acceptors (Lipinski definition) is 3. The predicted octanol–water partition coefficient (Wildman–Crippen LogP) is 5.87. The molecule has 0 saturated heterocycles. The summed E-state index contributed by atoms with van der Waals surface area (Å²) in [5.41, 5.74) is 1.64. The van der Waals surface area contributed by atoms with Crippen molar-refractivity contribution in [1.29, 1.82) is 0 Å². The monoisotopic (exact) mass is 475 g/mol. The molecule has 8 heteroatoms. The number of rotatable bonds is 6. The molecule has 1 unspecified atom stereocenters. The Labute approximate surface area is 197 Å². The third kappa shape index (κ3) is 5.75. The number of ether oxygens (including phenoxy) is 1. The van der Waals surface area contributed by atoms with Gasteiger partial charge in [-0.05, 0) is 51.0 Å². The predicted molar refractivity (Wildman–Crippen MR) is 128 cm³/mol. The fourth-order valence-electron chi connectivity index (χ4n) is 3.44. The molecule has 0 aliphatic heterocycles. The summed E-state index contributed by atoms with van der Waals surface area (Å²) in [7, 11) is 1.81. The first-order chi connectivity index (χ1) is 15.1. The summed E-state index contributed by atoms with van der Waals surface area (Å²) in [5.74, 6) is -0.248. The number of amides is 2. The molecule has 32 heavy (non-hydrogen) atoms. The van der Waals surface area contributed by atoms with E-state index in [1.807, 2.05) is 64.2 Å². The highest BCUT2D eigenvalue weighted by Gasteiger charge is 2.21. The van der Waals surface area contributed by atoms with Gasteiger partial charge in [0, 0.05) is 24.5 Å². The Balaban J connectivity index is 1.77. The van der Waals surface area contributed by atoms with E-state index in [9.17, 15) is 9.59 Å². The van der Waals surface area contributed by atoms with Crippen LogP contribution in [0.25, 0.3) is 10.9 Å². The van der Waals surface area contributed by atoms with E-state index in [2.05, 4.69) is 10.6 Å². The molecule has 2 N–H and O–H groups in total. The van der Waals surface area contributed by atoms with Gasteiger partial charge in [0.25, 0.3) is 5.91 Å². The number of nitrogens with one attached hydrogen (secondary N) is 2. The number of carbonyl (C=O) groups excluding carboxylic acids is 2. The maximum atomic E-state index is 13.2. The van der Waals surface area contributed by atoms with Crippen LogP contribution in [0.15, 0.2) is 48.5 Å². The highest BCUT2D eigenvalue weighted by atomic mass is 35.5. The lowest BCUT2D eigenvalue weighted by Gasteiger charge is -2.22. The highest BCUT2D eigenvalue weighted by Crippen LogP contribution is 2.32. The van der Waals surface area contributed by atoms with Gasteiger partial charge in [-0.1, -0.05) is 53.5 Å². The largest absolute Gasteiger partial charge is 0.444 e. The van der Waals surface area contributed by atoms with Gasteiger partial charge >= 0.3 is 6.09 Å². The van der Waals surface area contributed by atoms with Crippen LogP contribution < -0.4 is 10.6 Å². The van der Waals surface area contributed by atoms with Crippen LogP contribution in [0.1, 0.15) is 49.3 Å². The number of fused-ring (bicyclic) bond motifs is 1. The zero-order valence-corrected chi connectivity index (χ0v) is 20.1. The van der Waals surface area contributed by atoms with Crippen molar-refractivity contribution in [2.24, 2.45) is 7.05 Å². The Morgan fingerprint density at radius 2 is 1.78 bits per heavy atom. The Kier molecular flexibility index (Phi) is 7.36. The summed E-state index contributed by atoms with van der Waals surface area (Å²) in [4.78, 5) is 25.2. The molecule has 1 atom stereocenters. The fraction of sp³-hybridized carbons (Fsp3) is 0.333. The van der Waals surface area contributed by atoms with Crippen molar-refractivity contribution >= 4 is 46.1 Å². The summed E-state index contributed by atoms with van der Waals surface area (Å²) in [6.07, 6.45) is 0.00163. The van der Waals surface area contributed by atoms with Crippen molar-refractivity contribution in [3.05, 3.63) is 69.8 Å². The third-order valence-electron chi connectivity index (χ3n) is 4.95. The molecule has 3 aromatic rings. The van der Waals surface area contributed by atoms with Gasteiger partial charge in [0.2, 0.25) is 0 Å². The molecule has 0 aliphatic rings. The van der Waals surface area contributed by atoms with Gasteiger partial charge in [-0.2, -0.15) is 0 Å². The molecule has 6 nitrogen and oxygen atoms in total. The quantitative estimate of drug-likeness (QED) is 0.467. The second-order valence-electron chi connectivity index (χ2n) is 8.54. The molecule has 0 fully saturated rings. The van der Waals surface area contributed by atoms with Crippen molar-refractivity contribution in [3.63, 3.8) is 0 Å². The lowest BCUT2D eigenvalue weighted by Crippen LogP contribution is -2.36. The summed E-state index contributed by atoms with van der Waals surface area (Å²) >= 11 is 12.5. The second-order valence-corrected chi connectivity index (χ2v) is 9.32. The molecule has 1 heterocycles. The molecule has 0 spiro atoms. The number of halogens is 2. The normalized spacial score (nSPS) is 12.4. The molecule has 2 amide bonds. The van der Waals surface area contributed by atoms with Crippen LogP contribution in [0, 0.1) is 0 Å². The third-order valence-corrected chi connectivity index (χ3v) is 5.77. The number of aryl methyl sites for hydroxylation is 1. The standard InChI is InChI=1S/C24H27Cl2N3O3/c1-24(2,3)32-23(31)27-13-12-18(15-8-6-5-7-9-15)28-22(30)20-14-16-19(29(20)4)11-10-17(25)21(16)26/h5-11,14,18H,12-13H2,1-4H3,(H,27,31)(H,28,30). The summed E-state index contributed by atoms with van der Waals surface area (Å²) in [5, 5.41) is 7.40. The van der Waals surface area contributed by atoms with Crippen LogP contribution in [-0.2, 0) is 11.8 Å². The molecule has 2 aromatic carbocycles. The minimum atomic E-state index is -0.574. The van der Waals surface area contributed by atoms with E-state index >= 15 is 0 Å². The van der Waals surface area contributed by atoms with E-state index < -0.39 is 11.7 Å². The average Bonchev–Trinajstić information content (AvgIpc) is 3.06. The summed E-state index contributed by atoms with van der Waals surface area (Å²) in [6, 6.07) is 14.6. The van der Waals surface area contributed by atoms with Gasteiger partial charge in [0.1, 0.15) is 11.3 Å². The first kappa shape index (κ1) is 24.0. The van der Waals surface area contributed by atoms with E-state index in [4.69, 9.17) is 27.9 Å². The number of alkyl carbamates (subject to hydrolysis) is 1. The fourth-order valence-corrected chi connectivity index (χ4v) is 3.82. The van der Waals surface area contributed by atoms with Crippen LogP contribution >= 0.6 is 23.2 Å². The van der Waals surface area contributed by atoms with Gasteiger partial charge in [-0.25, -0.2) is 4.79 Å². The summed E-state index contributed by atoms with van der Waals surface area (Å²) in [6.45, 7) is 5.76. The molecule has 170 valence electrons. The lowest BCUT2D eigenvalue weighted by molar-refractivity contribution is 0.0526. The molecule has 0 radical (unpaired) electrons. The topological polar surface area (TPSA) is 72.4 Å².